The molecule has 0 amide bonds. The molecule has 1 heterocycles. The zero-order valence-electron chi connectivity index (χ0n) is 10.00. The Morgan fingerprint density at radius 3 is 2.47 bits per heavy atom. The molecule has 15 heavy (non-hydrogen) atoms. The van der Waals surface area contributed by atoms with Gasteiger partial charge >= 0.3 is 0 Å². The minimum atomic E-state index is 0.277. The number of likely N-dealkylation sites (tertiary alicyclic amines) is 1. The summed E-state index contributed by atoms with van der Waals surface area (Å²) in [6.07, 6.45) is 7.74. The SMILES string of the molecule is CC1(C)CCC(C#N)CN1C1CCCC1. The quantitative estimate of drug-likeness (QED) is 0.659. The molecule has 0 radical (unpaired) electrons. The van der Waals surface area contributed by atoms with Crippen LogP contribution < -0.4 is 0 Å². The Kier molecular flexibility index (Phi) is 3.02. The van der Waals surface area contributed by atoms with Crippen LogP contribution in [0.3, 0.4) is 0 Å². The number of nitrogens with zero attached hydrogens (tertiary/aromatic N) is 2. The van der Waals surface area contributed by atoms with Gasteiger partial charge in [-0.15, -0.1) is 0 Å². The van der Waals surface area contributed by atoms with Crippen LogP contribution in [0, 0.1) is 17.2 Å². The zero-order valence-corrected chi connectivity index (χ0v) is 10.00. The molecule has 0 N–H and O–H groups in total. The Hall–Kier alpha value is -0.550. The molecule has 1 aliphatic carbocycles. The third kappa shape index (κ3) is 2.18. The Balaban J connectivity index is 2.07. The highest BCUT2D eigenvalue weighted by molar-refractivity contribution is 4.99. The summed E-state index contributed by atoms with van der Waals surface area (Å²) in [5.41, 5.74) is 0.322. The maximum atomic E-state index is 9.05. The smallest absolute Gasteiger partial charge is 0.0669 e. The molecule has 1 saturated heterocycles. The van der Waals surface area contributed by atoms with Gasteiger partial charge in [0.15, 0.2) is 0 Å². The van der Waals surface area contributed by atoms with Gasteiger partial charge in [-0.3, -0.25) is 4.90 Å². The average molecular weight is 206 g/mol. The number of nitriles is 1. The van der Waals surface area contributed by atoms with Crippen LogP contribution in [0.2, 0.25) is 0 Å². The molecule has 0 aromatic rings. The molecular weight excluding hydrogens is 184 g/mol. The van der Waals surface area contributed by atoms with Gasteiger partial charge in [0.2, 0.25) is 0 Å². The molecule has 2 heteroatoms. The predicted octanol–water partition coefficient (Wildman–Crippen LogP) is 2.94. The van der Waals surface area contributed by atoms with Crippen molar-refractivity contribution in [1.29, 1.82) is 5.26 Å². The Morgan fingerprint density at radius 1 is 1.20 bits per heavy atom. The molecule has 2 fully saturated rings. The van der Waals surface area contributed by atoms with Crippen molar-refractivity contribution in [2.75, 3.05) is 6.54 Å². The van der Waals surface area contributed by atoms with Crippen LogP contribution in [0.25, 0.3) is 0 Å². The van der Waals surface area contributed by atoms with Crippen molar-refractivity contribution in [3.8, 4) is 6.07 Å². The molecule has 0 aromatic heterocycles. The van der Waals surface area contributed by atoms with Gasteiger partial charge in [-0.1, -0.05) is 12.8 Å². The third-order valence-corrected chi connectivity index (χ3v) is 4.25. The summed E-state index contributed by atoms with van der Waals surface area (Å²) in [6.45, 7) is 5.70. The lowest BCUT2D eigenvalue weighted by Crippen LogP contribution is -2.54. The highest BCUT2D eigenvalue weighted by Crippen LogP contribution is 2.36. The summed E-state index contributed by atoms with van der Waals surface area (Å²) in [5, 5.41) is 9.05. The second-order valence-corrected chi connectivity index (χ2v) is 5.77. The van der Waals surface area contributed by atoms with E-state index in [1.54, 1.807) is 0 Å². The third-order valence-electron chi connectivity index (χ3n) is 4.25. The van der Waals surface area contributed by atoms with Crippen molar-refractivity contribution in [1.82, 2.24) is 4.90 Å². The summed E-state index contributed by atoms with van der Waals surface area (Å²) in [6, 6.07) is 3.21. The van der Waals surface area contributed by atoms with Crippen molar-refractivity contribution in [3.63, 3.8) is 0 Å². The van der Waals surface area contributed by atoms with Gasteiger partial charge in [0.25, 0.3) is 0 Å². The molecule has 2 nitrogen and oxygen atoms in total. The highest BCUT2D eigenvalue weighted by Gasteiger charge is 2.38. The second kappa shape index (κ2) is 4.14. The molecule has 0 aromatic carbocycles. The molecule has 0 bridgehead atoms. The van der Waals surface area contributed by atoms with Gasteiger partial charge in [0, 0.05) is 18.1 Å². The summed E-state index contributed by atoms with van der Waals surface area (Å²) in [4.78, 5) is 2.62. The monoisotopic (exact) mass is 206 g/mol. The van der Waals surface area contributed by atoms with E-state index in [-0.39, 0.29) is 5.92 Å². The summed E-state index contributed by atoms with van der Waals surface area (Å²) < 4.78 is 0. The second-order valence-electron chi connectivity index (χ2n) is 5.77. The van der Waals surface area contributed by atoms with Crippen LogP contribution in [0.1, 0.15) is 52.4 Å². The van der Waals surface area contributed by atoms with Crippen molar-refractivity contribution in [2.45, 2.75) is 64.0 Å². The van der Waals surface area contributed by atoms with Gasteiger partial charge in [0.1, 0.15) is 0 Å². The maximum absolute atomic E-state index is 9.05. The van der Waals surface area contributed by atoms with E-state index in [0.717, 1.165) is 19.0 Å². The first-order valence-corrected chi connectivity index (χ1v) is 6.30. The molecule has 2 rings (SSSR count). The number of hydrogen-bond donors (Lipinski definition) is 0. The Morgan fingerprint density at radius 2 is 1.87 bits per heavy atom. The fraction of sp³-hybridized carbons (Fsp3) is 0.923. The predicted molar refractivity (Wildman–Crippen MR) is 61.4 cm³/mol. The van der Waals surface area contributed by atoms with E-state index < -0.39 is 0 Å². The average Bonchev–Trinajstić information content (AvgIpc) is 2.70. The maximum Gasteiger partial charge on any atom is 0.0669 e. The van der Waals surface area contributed by atoms with Crippen molar-refractivity contribution >= 4 is 0 Å². The van der Waals surface area contributed by atoms with Crippen molar-refractivity contribution in [2.24, 2.45) is 5.92 Å². The standard InChI is InChI=1S/C13H22N2/c1-13(2)8-7-11(9-14)10-15(13)12-5-3-4-6-12/h11-12H,3-8,10H2,1-2H3. The van der Waals surface area contributed by atoms with E-state index >= 15 is 0 Å². The van der Waals surface area contributed by atoms with Crippen LogP contribution in [0.15, 0.2) is 0 Å². The molecule has 1 saturated carbocycles. The zero-order chi connectivity index (χ0) is 10.9. The molecule has 1 atom stereocenters. The minimum absolute atomic E-state index is 0.277. The number of rotatable bonds is 1. The van der Waals surface area contributed by atoms with Crippen molar-refractivity contribution in [3.05, 3.63) is 0 Å². The minimum Gasteiger partial charge on any atom is -0.294 e. The summed E-state index contributed by atoms with van der Waals surface area (Å²) in [5.74, 6) is 0.277. The lowest BCUT2D eigenvalue weighted by atomic mass is 9.84. The van der Waals surface area contributed by atoms with Crippen LogP contribution in [0.5, 0.6) is 0 Å². The van der Waals surface area contributed by atoms with E-state index in [1.807, 2.05) is 0 Å². The van der Waals surface area contributed by atoms with Crippen LogP contribution in [0.4, 0.5) is 0 Å². The van der Waals surface area contributed by atoms with Gasteiger partial charge in [-0.25, -0.2) is 0 Å². The lowest BCUT2D eigenvalue weighted by Gasteiger charge is -2.47. The van der Waals surface area contributed by atoms with Crippen LogP contribution in [-0.4, -0.2) is 23.0 Å². The first-order chi connectivity index (χ1) is 7.13. The number of hydrogen-bond acceptors (Lipinski definition) is 2. The largest absolute Gasteiger partial charge is 0.294 e. The van der Waals surface area contributed by atoms with Gasteiger partial charge in [-0.2, -0.15) is 5.26 Å². The lowest BCUT2D eigenvalue weighted by molar-refractivity contribution is 0.0205. The molecule has 1 unspecified atom stereocenters. The molecule has 1 aliphatic heterocycles. The summed E-state index contributed by atoms with van der Waals surface area (Å²) >= 11 is 0. The molecule has 2 aliphatic rings. The van der Waals surface area contributed by atoms with E-state index in [2.05, 4.69) is 24.8 Å². The van der Waals surface area contributed by atoms with E-state index in [4.69, 9.17) is 5.26 Å². The van der Waals surface area contributed by atoms with E-state index in [0.29, 0.717) is 5.54 Å². The van der Waals surface area contributed by atoms with Crippen molar-refractivity contribution < 1.29 is 0 Å². The molecule has 84 valence electrons. The van der Waals surface area contributed by atoms with Gasteiger partial charge in [-0.05, 0) is 39.5 Å². The first-order valence-electron chi connectivity index (χ1n) is 6.30. The van der Waals surface area contributed by atoms with Crippen LogP contribution >= 0.6 is 0 Å². The van der Waals surface area contributed by atoms with Crippen LogP contribution in [-0.2, 0) is 0 Å². The normalized spacial score (nSPS) is 32.7. The Bertz CT molecular complexity index is 258. The summed E-state index contributed by atoms with van der Waals surface area (Å²) in [7, 11) is 0. The van der Waals surface area contributed by atoms with E-state index in [1.165, 1.54) is 32.1 Å². The highest BCUT2D eigenvalue weighted by atomic mass is 15.2. The fourth-order valence-electron chi connectivity index (χ4n) is 3.21. The van der Waals surface area contributed by atoms with Gasteiger partial charge in [0.05, 0.1) is 12.0 Å². The molecular formula is C13H22N2. The Labute approximate surface area is 93.3 Å². The topological polar surface area (TPSA) is 27.0 Å². The molecule has 0 spiro atoms. The van der Waals surface area contributed by atoms with Gasteiger partial charge < -0.3 is 0 Å². The fourth-order valence-corrected chi connectivity index (χ4v) is 3.21. The van der Waals surface area contributed by atoms with E-state index in [9.17, 15) is 0 Å². The number of piperidine rings is 1. The first kappa shape index (κ1) is 11.0.